The van der Waals surface area contributed by atoms with Gasteiger partial charge in [0.1, 0.15) is 12.3 Å². The number of ether oxygens (including phenoxy) is 1. The minimum Gasteiger partial charge on any atom is -0.496 e. The molecule has 23 heavy (non-hydrogen) atoms. The maximum Gasteiger partial charge on any atom is 0.231 e. The van der Waals surface area contributed by atoms with Crippen molar-refractivity contribution in [3.63, 3.8) is 0 Å². The van der Waals surface area contributed by atoms with E-state index >= 15 is 0 Å². The van der Waals surface area contributed by atoms with E-state index in [1.807, 2.05) is 12.1 Å². The SMILES string of the molecule is COc1ccccc1C[NH+]1CCCC(C(=O)N2CCCCC2)C1. The van der Waals surface area contributed by atoms with Gasteiger partial charge in [-0.25, -0.2) is 0 Å². The minimum absolute atomic E-state index is 0.214. The van der Waals surface area contributed by atoms with E-state index in [-0.39, 0.29) is 5.92 Å². The van der Waals surface area contributed by atoms with E-state index in [2.05, 4.69) is 17.0 Å². The number of benzene rings is 1. The number of nitrogens with zero attached hydrogens (tertiary/aromatic N) is 1. The second kappa shape index (κ2) is 7.82. The first-order chi connectivity index (χ1) is 11.3. The van der Waals surface area contributed by atoms with Gasteiger partial charge in [-0.15, -0.1) is 0 Å². The standard InChI is InChI=1S/C19H28N2O2/c1-23-18-10-4-3-8-16(18)14-20-11-7-9-17(15-20)19(22)21-12-5-2-6-13-21/h3-4,8,10,17H,2,5-7,9,11-15H2,1H3/p+1. The van der Waals surface area contributed by atoms with E-state index in [9.17, 15) is 4.79 Å². The lowest BCUT2D eigenvalue weighted by molar-refractivity contribution is -0.921. The first-order valence-electron chi connectivity index (χ1n) is 9.02. The van der Waals surface area contributed by atoms with E-state index in [0.717, 1.165) is 51.3 Å². The summed E-state index contributed by atoms with van der Waals surface area (Å²) >= 11 is 0. The Kier molecular flexibility index (Phi) is 5.55. The van der Waals surface area contributed by atoms with Crippen LogP contribution in [0.2, 0.25) is 0 Å². The highest BCUT2D eigenvalue weighted by Crippen LogP contribution is 2.18. The summed E-state index contributed by atoms with van der Waals surface area (Å²) in [7, 11) is 1.73. The molecule has 0 aliphatic carbocycles. The molecule has 2 heterocycles. The molecule has 1 aromatic carbocycles. The molecule has 0 aromatic heterocycles. The number of hydrogen-bond acceptors (Lipinski definition) is 2. The van der Waals surface area contributed by atoms with Gasteiger partial charge in [0.05, 0.1) is 26.1 Å². The molecule has 0 saturated carbocycles. The monoisotopic (exact) mass is 317 g/mol. The van der Waals surface area contributed by atoms with Gasteiger partial charge in [0.15, 0.2) is 0 Å². The zero-order valence-electron chi connectivity index (χ0n) is 14.2. The quantitative estimate of drug-likeness (QED) is 0.913. The fourth-order valence-electron chi connectivity index (χ4n) is 4.01. The first kappa shape index (κ1) is 16.3. The van der Waals surface area contributed by atoms with Crippen LogP contribution in [-0.2, 0) is 11.3 Å². The van der Waals surface area contributed by atoms with Crippen molar-refractivity contribution < 1.29 is 14.4 Å². The van der Waals surface area contributed by atoms with E-state index in [0.29, 0.717) is 5.91 Å². The summed E-state index contributed by atoms with van der Waals surface area (Å²) in [6.07, 6.45) is 5.84. The van der Waals surface area contributed by atoms with E-state index in [1.165, 1.54) is 29.7 Å². The topological polar surface area (TPSA) is 34.0 Å². The minimum atomic E-state index is 0.214. The highest BCUT2D eigenvalue weighted by molar-refractivity contribution is 5.79. The molecule has 1 N–H and O–H groups in total. The molecule has 2 unspecified atom stereocenters. The van der Waals surface area contributed by atoms with Crippen LogP contribution in [0, 0.1) is 5.92 Å². The Morgan fingerprint density at radius 3 is 2.78 bits per heavy atom. The van der Waals surface area contributed by atoms with Gasteiger partial charge in [0.25, 0.3) is 0 Å². The maximum absolute atomic E-state index is 12.8. The van der Waals surface area contributed by atoms with Crippen LogP contribution in [0.1, 0.15) is 37.7 Å². The zero-order valence-corrected chi connectivity index (χ0v) is 14.2. The maximum atomic E-state index is 12.8. The number of hydrogen-bond donors (Lipinski definition) is 1. The third-order valence-corrected chi connectivity index (χ3v) is 5.27. The largest absolute Gasteiger partial charge is 0.496 e. The van der Waals surface area contributed by atoms with Gasteiger partial charge in [-0.05, 0) is 44.2 Å². The van der Waals surface area contributed by atoms with E-state index in [1.54, 1.807) is 7.11 Å². The van der Waals surface area contributed by atoms with E-state index in [4.69, 9.17) is 4.74 Å². The molecule has 2 aliphatic rings. The molecular weight excluding hydrogens is 288 g/mol. The van der Waals surface area contributed by atoms with Gasteiger partial charge in [0.2, 0.25) is 5.91 Å². The number of piperidine rings is 2. The summed E-state index contributed by atoms with van der Waals surface area (Å²) in [6, 6.07) is 8.24. The number of amides is 1. The van der Waals surface area contributed by atoms with Crippen molar-refractivity contribution in [1.29, 1.82) is 0 Å². The molecular formula is C19H29N2O2+. The Balaban J connectivity index is 1.60. The summed E-state index contributed by atoms with van der Waals surface area (Å²) in [6.45, 7) is 5.01. The number of nitrogens with one attached hydrogen (secondary N) is 1. The molecule has 2 atom stereocenters. The summed E-state index contributed by atoms with van der Waals surface area (Å²) in [5.41, 5.74) is 1.25. The average Bonchev–Trinajstić information content (AvgIpc) is 2.62. The number of rotatable bonds is 4. The smallest absolute Gasteiger partial charge is 0.231 e. The number of likely N-dealkylation sites (tertiary alicyclic amines) is 2. The van der Waals surface area contributed by atoms with Crippen molar-refractivity contribution in [3.8, 4) is 5.75 Å². The molecule has 4 heteroatoms. The molecule has 4 nitrogen and oxygen atoms in total. The number of para-hydroxylation sites is 1. The van der Waals surface area contributed by atoms with Crippen molar-refractivity contribution in [2.24, 2.45) is 5.92 Å². The number of methoxy groups -OCH3 is 1. The van der Waals surface area contributed by atoms with Crippen LogP contribution in [-0.4, -0.2) is 44.1 Å². The van der Waals surface area contributed by atoms with Crippen molar-refractivity contribution >= 4 is 5.91 Å². The van der Waals surface area contributed by atoms with Crippen LogP contribution < -0.4 is 9.64 Å². The molecule has 2 fully saturated rings. The molecule has 1 aromatic rings. The van der Waals surface area contributed by atoms with Gasteiger partial charge in [0, 0.05) is 18.7 Å². The van der Waals surface area contributed by atoms with Crippen molar-refractivity contribution in [2.45, 2.75) is 38.6 Å². The van der Waals surface area contributed by atoms with Crippen LogP contribution in [0.15, 0.2) is 24.3 Å². The van der Waals surface area contributed by atoms with Gasteiger partial charge >= 0.3 is 0 Å². The van der Waals surface area contributed by atoms with Gasteiger partial charge < -0.3 is 14.5 Å². The average molecular weight is 317 g/mol. The Morgan fingerprint density at radius 1 is 1.22 bits per heavy atom. The molecule has 2 saturated heterocycles. The number of carbonyl (C=O) groups is 1. The lowest BCUT2D eigenvalue weighted by Gasteiger charge is -2.34. The highest BCUT2D eigenvalue weighted by Gasteiger charge is 2.32. The van der Waals surface area contributed by atoms with Crippen LogP contribution in [0.25, 0.3) is 0 Å². The molecule has 126 valence electrons. The third-order valence-electron chi connectivity index (χ3n) is 5.27. The zero-order chi connectivity index (χ0) is 16.1. The fourth-order valence-corrected chi connectivity index (χ4v) is 4.01. The predicted octanol–water partition coefficient (Wildman–Crippen LogP) is 1.50. The van der Waals surface area contributed by atoms with E-state index < -0.39 is 0 Å². The van der Waals surface area contributed by atoms with Crippen LogP contribution in [0.3, 0.4) is 0 Å². The van der Waals surface area contributed by atoms with Crippen LogP contribution in [0.4, 0.5) is 0 Å². The van der Waals surface area contributed by atoms with Crippen molar-refractivity contribution in [3.05, 3.63) is 29.8 Å². The summed E-state index contributed by atoms with van der Waals surface area (Å²) in [5.74, 6) is 1.58. The lowest BCUT2D eigenvalue weighted by atomic mass is 9.95. The Labute approximate surface area is 139 Å². The predicted molar refractivity (Wildman–Crippen MR) is 90.5 cm³/mol. The van der Waals surface area contributed by atoms with Crippen LogP contribution >= 0.6 is 0 Å². The Morgan fingerprint density at radius 2 is 2.00 bits per heavy atom. The molecule has 0 spiro atoms. The van der Waals surface area contributed by atoms with Crippen molar-refractivity contribution in [2.75, 3.05) is 33.3 Å². The number of carbonyl (C=O) groups excluding carboxylic acids is 1. The van der Waals surface area contributed by atoms with Gasteiger partial charge in [-0.1, -0.05) is 12.1 Å². The summed E-state index contributed by atoms with van der Waals surface area (Å²) < 4.78 is 5.47. The summed E-state index contributed by atoms with van der Waals surface area (Å²) in [5, 5.41) is 0. The highest BCUT2D eigenvalue weighted by atomic mass is 16.5. The number of quaternary nitrogens is 1. The van der Waals surface area contributed by atoms with Gasteiger partial charge in [-0.2, -0.15) is 0 Å². The normalized spacial score (nSPS) is 25.2. The Bertz CT molecular complexity index is 526. The van der Waals surface area contributed by atoms with Crippen LogP contribution in [0.5, 0.6) is 5.75 Å². The Hall–Kier alpha value is -1.55. The third kappa shape index (κ3) is 4.05. The van der Waals surface area contributed by atoms with Gasteiger partial charge in [-0.3, -0.25) is 4.79 Å². The molecule has 3 rings (SSSR count). The second-order valence-electron chi connectivity index (χ2n) is 6.92. The summed E-state index contributed by atoms with van der Waals surface area (Å²) in [4.78, 5) is 16.4. The first-order valence-corrected chi connectivity index (χ1v) is 9.02. The molecule has 2 aliphatic heterocycles. The fraction of sp³-hybridized carbons (Fsp3) is 0.632. The van der Waals surface area contributed by atoms with Crippen molar-refractivity contribution in [1.82, 2.24) is 4.90 Å². The molecule has 1 amide bonds. The molecule has 0 bridgehead atoms. The second-order valence-corrected chi connectivity index (χ2v) is 6.92. The molecule has 0 radical (unpaired) electrons. The lowest BCUT2D eigenvalue weighted by Crippen LogP contribution is -3.12.